The van der Waals surface area contributed by atoms with Crippen LogP contribution in [0.4, 0.5) is 14.5 Å². The normalized spacial score (nSPS) is 11.0. The third kappa shape index (κ3) is 2.59. The minimum Gasteiger partial charge on any atom is -0.377 e. The molecule has 0 spiro atoms. The van der Waals surface area contributed by atoms with Crippen LogP contribution in [0.2, 0.25) is 0 Å². The lowest BCUT2D eigenvalue weighted by molar-refractivity contribution is 0.585. The molecule has 1 N–H and O–H groups in total. The summed E-state index contributed by atoms with van der Waals surface area (Å²) < 4.78 is 28.4. The molecule has 1 aromatic heterocycles. The second-order valence-electron chi connectivity index (χ2n) is 4.76. The molecule has 0 saturated carbocycles. The molecule has 0 saturated heterocycles. The fourth-order valence-corrected chi connectivity index (χ4v) is 2.38. The van der Waals surface area contributed by atoms with Gasteiger partial charge in [-0.25, -0.2) is 8.78 Å². The van der Waals surface area contributed by atoms with Crippen LogP contribution in [0.3, 0.4) is 0 Å². The smallest absolute Gasteiger partial charge is 0.149 e. The van der Waals surface area contributed by atoms with E-state index in [4.69, 9.17) is 0 Å². The summed E-state index contributed by atoms with van der Waals surface area (Å²) in [6.45, 7) is 3.18. The zero-order valence-corrected chi connectivity index (χ0v) is 11.6. The molecule has 3 aromatic rings. The van der Waals surface area contributed by atoms with E-state index in [1.54, 1.807) is 0 Å². The molecule has 21 heavy (non-hydrogen) atoms. The number of nitrogens with zero attached hydrogens (tertiary/aromatic N) is 2. The highest BCUT2D eigenvalue weighted by atomic mass is 19.1. The quantitative estimate of drug-likeness (QED) is 0.787. The van der Waals surface area contributed by atoms with Gasteiger partial charge in [-0.2, -0.15) is 5.10 Å². The lowest BCUT2D eigenvalue weighted by Gasteiger charge is -2.06. The molecule has 0 aliphatic rings. The molecule has 0 amide bonds. The van der Waals surface area contributed by atoms with E-state index in [1.807, 2.05) is 35.9 Å². The first-order valence-electron chi connectivity index (χ1n) is 6.82. The molecular formula is C16H15F2N3. The molecule has 2 aromatic carbocycles. The highest BCUT2D eigenvalue weighted by molar-refractivity contribution is 5.82. The lowest BCUT2D eigenvalue weighted by Crippen LogP contribution is -2.04. The number of halogens is 2. The maximum Gasteiger partial charge on any atom is 0.149 e. The van der Waals surface area contributed by atoms with Crippen molar-refractivity contribution in [3.8, 4) is 0 Å². The number of nitrogens with one attached hydrogen (secondary N) is 1. The predicted octanol–water partition coefficient (Wildman–Crippen LogP) is 3.95. The molecule has 3 nitrogen and oxygen atoms in total. The van der Waals surface area contributed by atoms with Crippen molar-refractivity contribution in [1.82, 2.24) is 9.78 Å². The summed E-state index contributed by atoms with van der Waals surface area (Å²) in [5.74, 6) is -1.19. The molecule has 0 bridgehead atoms. The predicted molar refractivity (Wildman–Crippen MR) is 79.1 cm³/mol. The number of hydrogen-bond donors (Lipinski definition) is 1. The van der Waals surface area contributed by atoms with Crippen LogP contribution in [0, 0.1) is 11.6 Å². The van der Waals surface area contributed by atoms with Crippen LogP contribution in [0.15, 0.2) is 42.5 Å². The van der Waals surface area contributed by atoms with E-state index in [0.717, 1.165) is 29.2 Å². The Hall–Kier alpha value is -2.43. The van der Waals surface area contributed by atoms with E-state index in [2.05, 4.69) is 10.4 Å². The van der Waals surface area contributed by atoms with Gasteiger partial charge in [-0.05, 0) is 25.1 Å². The van der Waals surface area contributed by atoms with Gasteiger partial charge in [0.25, 0.3) is 0 Å². The van der Waals surface area contributed by atoms with Crippen molar-refractivity contribution in [3.63, 3.8) is 0 Å². The number of anilines is 1. The number of benzene rings is 2. The summed E-state index contributed by atoms with van der Waals surface area (Å²) in [4.78, 5) is 0. The van der Waals surface area contributed by atoms with Crippen LogP contribution in [-0.2, 0) is 13.1 Å². The largest absolute Gasteiger partial charge is 0.377 e. The van der Waals surface area contributed by atoms with Gasteiger partial charge in [0.1, 0.15) is 11.6 Å². The van der Waals surface area contributed by atoms with Crippen molar-refractivity contribution >= 4 is 16.6 Å². The lowest BCUT2D eigenvalue weighted by atomic mass is 10.2. The van der Waals surface area contributed by atoms with E-state index in [9.17, 15) is 8.78 Å². The Morgan fingerprint density at radius 2 is 1.95 bits per heavy atom. The molecule has 0 aliphatic heterocycles. The number of aromatic nitrogens is 2. The summed E-state index contributed by atoms with van der Waals surface area (Å²) in [7, 11) is 0. The minimum absolute atomic E-state index is 0.270. The van der Waals surface area contributed by atoms with Gasteiger partial charge >= 0.3 is 0 Å². The summed E-state index contributed by atoms with van der Waals surface area (Å²) in [6.07, 6.45) is 0. The average molecular weight is 287 g/mol. The summed E-state index contributed by atoms with van der Waals surface area (Å²) in [5.41, 5.74) is 2.17. The number of aryl methyl sites for hydroxylation is 1. The molecule has 0 unspecified atom stereocenters. The standard InChI is InChI=1S/C16H15F2N3/c1-2-21-16-6-4-3-5-12(16)15(20-21)10-19-14-8-7-11(17)9-13(14)18/h3-9,19H,2,10H2,1H3. The molecule has 0 radical (unpaired) electrons. The first kappa shape index (κ1) is 13.5. The fourth-order valence-electron chi connectivity index (χ4n) is 2.38. The first-order valence-corrected chi connectivity index (χ1v) is 6.82. The maximum atomic E-state index is 13.6. The summed E-state index contributed by atoms with van der Waals surface area (Å²) in [6, 6.07) is 11.4. The topological polar surface area (TPSA) is 29.9 Å². The minimum atomic E-state index is -0.603. The molecule has 3 rings (SSSR count). The molecule has 0 fully saturated rings. The van der Waals surface area contributed by atoms with Crippen LogP contribution in [-0.4, -0.2) is 9.78 Å². The van der Waals surface area contributed by atoms with Gasteiger partial charge < -0.3 is 5.32 Å². The zero-order chi connectivity index (χ0) is 14.8. The van der Waals surface area contributed by atoms with E-state index in [0.29, 0.717) is 6.54 Å². The Morgan fingerprint density at radius 3 is 2.71 bits per heavy atom. The van der Waals surface area contributed by atoms with Gasteiger partial charge in [-0.3, -0.25) is 4.68 Å². The SMILES string of the molecule is CCn1nc(CNc2ccc(F)cc2F)c2ccccc21. The summed E-state index contributed by atoms with van der Waals surface area (Å²) >= 11 is 0. The van der Waals surface area contributed by atoms with E-state index in [1.165, 1.54) is 12.1 Å². The Morgan fingerprint density at radius 1 is 1.14 bits per heavy atom. The van der Waals surface area contributed by atoms with Crippen molar-refractivity contribution in [3.05, 3.63) is 59.8 Å². The van der Waals surface area contributed by atoms with Gasteiger partial charge in [-0.15, -0.1) is 0 Å². The van der Waals surface area contributed by atoms with E-state index in [-0.39, 0.29) is 5.69 Å². The maximum absolute atomic E-state index is 13.6. The van der Waals surface area contributed by atoms with Crippen LogP contribution in [0.5, 0.6) is 0 Å². The van der Waals surface area contributed by atoms with Gasteiger partial charge in [-0.1, -0.05) is 18.2 Å². The first-order chi connectivity index (χ1) is 10.2. The second-order valence-corrected chi connectivity index (χ2v) is 4.76. The molecule has 1 heterocycles. The zero-order valence-electron chi connectivity index (χ0n) is 11.6. The molecule has 108 valence electrons. The third-order valence-electron chi connectivity index (χ3n) is 3.41. The van der Waals surface area contributed by atoms with Gasteiger partial charge in [0, 0.05) is 18.0 Å². The fraction of sp³-hybridized carbons (Fsp3) is 0.188. The van der Waals surface area contributed by atoms with E-state index < -0.39 is 11.6 Å². The second kappa shape index (κ2) is 5.52. The Balaban J connectivity index is 1.88. The third-order valence-corrected chi connectivity index (χ3v) is 3.41. The highest BCUT2D eigenvalue weighted by Crippen LogP contribution is 2.21. The monoisotopic (exact) mass is 287 g/mol. The van der Waals surface area contributed by atoms with Crippen molar-refractivity contribution in [2.45, 2.75) is 20.0 Å². The number of fused-ring (bicyclic) bond motifs is 1. The molecule has 0 atom stereocenters. The Kier molecular flexibility index (Phi) is 3.56. The molecule has 0 aliphatic carbocycles. The number of para-hydroxylation sites is 1. The Bertz CT molecular complexity index is 780. The van der Waals surface area contributed by atoms with Crippen molar-refractivity contribution in [2.75, 3.05) is 5.32 Å². The van der Waals surface area contributed by atoms with Gasteiger partial charge in [0.2, 0.25) is 0 Å². The van der Waals surface area contributed by atoms with Gasteiger partial charge in [0.05, 0.1) is 23.4 Å². The van der Waals surface area contributed by atoms with Crippen molar-refractivity contribution < 1.29 is 8.78 Å². The Labute approximate surface area is 121 Å². The van der Waals surface area contributed by atoms with Crippen LogP contribution in [0.25, 0.3) is 10.9 Å². The van der Waals surface area contributed by atoms with Crippen molar-refractivity contribution in [1.29, 1.82) is 0 Å². The molecule has 5 heteroatoms. The highest BCUT2D eigenvalue weighted by Gasteiger charge is 2.10. The number of hydrogen-bond acceptors (Lipinski definition) is 2. The van der Waals surface area contributed by atoms with Crippen LogP contribution < -0.4 is 5.32 Å². The van der Waals surface area contributed by atoms with Crippen molar-refractivity contribution in [2.24, 2.45) is 0 Å². The molecular weight excluding hydrogens is 272 g/mol. The van der Waals surface area contributed by atoms with Gasteiger partial charge in [0.15, 0.2) is 0 Å². The summed E-state index contributed by atoms with van der Waals surface area (Å²) in [5, 5.41) is 8.53. The number of rotatable bonds is 4. The van der Waals surface area contributed by atoms with Crippen LogP contribution >= 0.6 is 0 Å². The average Bonchev–Trinajstić information content (AvgIpc) is 2.85. The van der Waals surface area contributed by atoms with E-state index >= 15 is 0 Å². The van der Waals surface area contributed by atoms with Crippen LogP contribution in [0.1, 0.15) is 12.6 Å².